The fraction of sp³-hybridized carbons (Fsp3) is 0. The molecular formula is C6H10BO6P. The highest BCUT2D eigenvalue weighted by Crippen LogP contribution is 2.25. The van der Waals surface area contributed by atoms with Gasteiger partial charge in [-0.15, -0.1) is 0 Å². The van der Waals surface area contributed by atoms with E-state index in [9.17, 15) is 0 Å². The predicted molar refractivity (Wildman–Crippen MR) is 50.5 cm³/mol. The summed E-state index contributed by atoms with van der Waals surface area (Å²) in [7, 11) is -5.98. The molecule has 1 rings (SSSR count). The number of hydrogen-bond acceptors (Lipinski definition) is 3. The van der Waals surface area contributed by atoms with Crippen LogP contribution in [0.25, 0.3) is 0 Å². The highest BCUT2D eigenvalue weighted by molar-refractivity contribution is 7.45. The second-order valence-electron chi connectivity index (χ2n) is 2.30. The van der Waals surface area contributed by atoms with Crippen molar-refractivity contribution in [2.45, 2.75) is 0 Å². The predicted octanol–water partition coefficient (Wildman–Crippen LogP) is -1.56. The summed E-state index contributed by atoms with van der Waals surface area (Å²) in [4.78, 5) is 21.6. The lowest BCUT2D eigenvalue weighted by Crippen LogP contribution is -2.29. The Morgan fingerprint density at radius 2 is 1.36 bits per heavy atom. The first-order chi connectivity index (χ1) is 6.30. The first kappa shape index (κ1) is 13.3. The zero-order chi connectivity index (χ0) is 11.2. The van der Waals surface area contributed by atoms with Crippen molar-refractivity contribution in [2.24, 2.45) is 0 Å². The molecule has 0 bridgehead atoms. The van der Waals surface area contributed by atoms with Gasteiger partial charge in [0.25, 0.3) is 0 Å². The van der Waals surface area contributed by atoms with Gasteiger partial charge in [0.05, 0.1) is 0 Å². The van der Waals surface area contributed by atoms with E-state index in [0.717, 1.165) is 0 Å². The van der Waals surface area contributed by atoms with Crippen LogP contribution in [0.1, 0.15) is 0 Å². The van der Waals surface area contributed by atoms with Gasteiger partial charge in [0, 0.05) is 0 Å². The van der Waals surface area contributed by atoms with Gasteiger partial charge in [-0.25, -0.2) is 4.57 Å². The van der Waals surface area contributed by atoms with Crippen molar-refractivity contribution >= 4 is 20.4 Å². The highest BCUT2D eigenvalue weighted by Gasteiger charge is 2.07. The van der Waals surface area contributed by atoms with Crippen LogP contribution in [0.3, 0.4) is 0 Å². The minimum atomic E-state index is -4.64. The first-order valence-electron chi connectivity index (χ1n) is 3.50. The molecule has 0 aliphatic rings. The molecule has 78 valence electrons. The molecule has 8 heteroatoms. The van der Waals surface area contributed by atoms with E-state index in [1.807, 2.05) is 6.07 Å². The lowest BCUT2D eigenvalue weighted by atomic mass is 9.81. The molecule has 0 aromatic heterocycles. The second-order valence-corrected chi connectivity index (χ2v) is 3.32. The van der Waals surface area contributed by atoms with Gasteiger partial charge in [0.2, 0.25) is 0 Å². The van der Waals surface area contributed by atoms with E-state index >= 15 is 0 Å². The Bertz CT molecular complexity index is 288. The van der Waals surface area contributed by atoms with Crippen molar-refractivity contribution in [3.63, 3.8) is 0 Å². The summed E-state index contributed by atoms with van der Waals surface area (Å²) in [5, 5.41) is 17.2. The van der Waals surface area contributed by atoms with Gasteiger partial charge < -0.3 is 24.7 Å². The third-order valence-electron chi connectivity index (χ3n) is 1.10. The molecular weight excluding hydrogens is 210 g/mol. The molecule has 0 unspecified atom stereocenters. The number of phosphoric acid groups is 1. The van der Waals surface area contributed by atoms with Gasteiger partial charge in [0.1, 0.15) is 0 Å². The van der Waals surface area contributed by atoms with E-state index in [0.29, 0.717) is 5.46 Å². The second kappa shape index (κ2) is 5.92. The van der Waals surface area contributed by atoms with Crippen molar-refractivity contribution in [1.29, 1.82) is 0 Å². The van der Waals surface area contributed by atoms with Crippen molar-refractivity contribution in [1.82, 2.24) is 0 Å². The molecule has 0 heterocycles. The van der Waals surface area contributed by atoms with Crippen LogP contribution in [0.2, 0.25) is 0 Å². The molecule has 0 amide bonds. The van der Waals surface area contributed by atoms with E-state index in [-0.39, 0.29) is 0 Å². The van der Waals surface area contributed by atoms with Gasteiger partial charge in [0.15, 0.2) is 0 Å². The zero-order valence-corrected chi connectivity index (χ0v) is 7.95. The van der Waals surface area contributed by atoms with Crippen molar-refractivity contribution < 1.29 is 29.3 Å². The zero-order valence-electron chi connectivity index (χ0n) is 7.06. The first-order valence-corrected chi connectivity index (χ1v) is 5.06. The maximum atomic E-state index is 8.88. The minimum Gasteiger partial charge on any atom is -0.423 e. The van der Waals surface area contributed by atoms with E-state index in [2.05, 4.69) is 0 Å². The maximum absolute atomic E-state index is 8.88. The van der Waals surface area contributed by atoms with Crippen molar-refractivity contribution in [3.8, 4) is 0 Å². The number of hydrogen-bond donors (Lipinski definition) is 5. The molecule has 14 heavy (non-hydrogen) atoms. The van der Waals surface area contributed by atoms with E-state index in [4.69, 9.17) is 29.3 Å². The topological polar surface area (TPSA) is 118 Å². The lowest BCUT2D eigenvalue weighted by molar-refractivity contribution is 0.275. The average molecular weight is 220 g/mol. The third kappa shape index (κ3) is 9.40. The Balaban J connectivity index is 0.000000292. The van der Waals surface area contributed by atoms with Crippen LogP contribution < -0.4 is 5.46 Å². The molecule has 0 aliphatic heterocycles. The maximum Gasteiger partial charge on any atom is 0.488 e. The number of rotatable bonds is 1. The van der Waals surface area contributed by atoms with Crippen LogP contribution in [0, 0.1) is 0 Å². The standard InChI is InChI=1S/C6H7BO2.H3O4P/c8-7(9)6-4-2-1-3-5-6;1-5(2,3)4/h1-5,8-9H;(H3,1,2,3,4). The summed E-state index contributed by atoms with van der Waals surface area (Å²) in [6.07, 6.45) is 0. The number of benzene rings is 1. The van der Waals surface area contributed by atoms with Gasteiger partial charge in [-0.1, -0.05) is 30.3 Å². The molecule has 0 saturated carbocycles. The molecule has 1 aromatic rings. The minimum absolute atomic E-state index is 0.525. The lowest BCUT2D eigenvalue weighted by Gasteiger charge is -1.94. The Morgan fingerprint density at radius 1 is 1.00 bits per heavy atom. The van der Waals surface area contributed by atoms with Crippen molar-refractivity contribution in [3.05, 3.63) is 30.3 Å². The Labute approximate surface area is 80.9 Å². The van der Waals surface area contributed by atoms with E-state index in [1.165, 1.54) is 0 Å². The fourth-order valence-electron chi connectivity index (χ4n) is 0.625. The quantitative estimate of drug-likeness (QED) is 0.288. The van der Waals surface area contributed by atoms with Gasteiger partial charge in [-0.3, -0.25) is 0 Å². The largest absolute Gasteiger partial charge is 0.488 e. The molecule has 0 fully saturated rings. The molecule has 0 saturated heterocycles. The molecule has 0 spiro atoms. The summed E-state index contributed by atoms with van der Waals surface area (Å²) in [5.74, 6) is 0. The van der Waals surface area contributed by atoms with Gasteiger partial charge >= 0.3 is 14.9 Å². The van der Waals surface area contributed by atoms with Crippen LogP contribution in [-0.4, -0.2) is 31.8 Å². The molecule has 5 N–H and O–H groups in total. The Kier molecular flexibility index (Phi) is 5.63. The van der Waals surface area contributed by atoms with Crippen LogP contribution in [0.15, 0.2) is 30.3 Å². The van der Waals surface area contributed by atoms with Gasteiger partial charge in [-0.05, 0) is 5.46 Å². The smallest absolute Gasteiger partial charge is 0.423 e. The van der Waals surface area contributed by atoms with Crippen molar-refractivity contribution in [2.75, 3.05) is 0 Å². The van der Waals surface area contributed by atoms with Gasteiger partial charge in [-0.2, -0.15) is 0 Å². The molecule has 0 aliphatic carbocycles. The van der Waals surface area contributed by atoms with E-state index < -0.39 is 14.9 Å². The molecule has 1 aromatic carbocycles. The van der Waals surface area contributed by atoms with Crippen LogP contribution in [-0.2, 0) is 4.57 Å². The Morgan fingerprint density at radius 3 is 1.57 bits per heavy atom. The summed E-state index contributed by atoms with van der Waals surface area (Å²) >= 11 is 0. The SMILES string of the molecule is O=P(O)(O)O.OB(O)c1ccccc1. The molecule has 0 atom stereocenters. The van der Waals surface area contributed by atoms with Crippen LogP contribution in [0.5, 0.6) is 0 Å². The monoisotopic (exact) mass is 220 g/mol. The normalized spacial score (nSPS) is 10.1. The average Bonchev–Trinajstić information content (AvgIpc) is 2.03. The van der Waals surface area contributed by atoms with E-state index in [1.54, 1.807) is 24.3 Å². The Hall–Kier alpha value is -0.685. The highest BCUT2D eigenvalue weighted by atomic mass is 31.2. The summed E-state index contributed by atoms with van der Waals surface area (Å²) < 4.78 is 8.88. The summed E-state index contributed by atoms with van der Waals surface area (Å²) in [6.45, 7) is 0. The molecule has 0 radical (unpaired) electrons. The molecule has 6 nitrogen and oxygen atoms in total. The van der Waals surface area contributed by atoms with Crippen LogP contribution in [0.4, 0.5) is 0 Å². The summed E-state index contributed by atoms with van der Waals surface area (Å²) in [6, 6.07) is 8.66. The third-order valence-corrected chi connectivity index (χ3v) is 1.10. The fourth-order valence-corrected chi connectivity index (χ4v) is 0.625. The van der Waals surface area contributed by atoms with Crippen LogP contribution >= 0.6 is 7.82 Å². The summed E-state index contributed by atoms with van der Waals surface area (Å²) in [5.41, 5.74) is 0.525.